The van der Waals surface area contributed by atoms with Crippen molar-refractivity contribution in [3.8, 4) is 0 Å². The summed E-state index contributed by atoms with van der Waals surface area (Å²) >= 11 is 9.07. The summed E-state index contributed by atoms with van der Waals surface area (Å²) in [5.74, 6) is -2.37. The fraction of sp³-hybridized carbons (Fsp3) is 0.333. The molecule has 0 aromatic heterocycles. The Hall–Kier alpha value is -1.14. The van der Waals surface area contributed by atoms with Gasteiger partial charge in [0.25, 0.3) is 0 Å². The fourth-order valence-corrected chi connectivity index (χ4v) is 2.78. The largest absolute Gasteiger partial charge is 0.478 e. The molecule has 1 N–H and O–H groups in total. The van der Waals surface area contributed by atoms with Crippen molar-refractivity contribution in [3.05, 3.63) is 28.5 Å². The third-order valence-corrected chi connectivity index (χ3v) is 4.22. The van der Waals surface area contributed by atoms with Gasteiger partial charge in [-0.25, -0.2) is 9.18 Å². The third-order valence-electron chi connectivity index (χ3n) is 2.98. The maximum Gasteiger partial charge on any atom is 0.339 e. The van der Waals surface area contributed by atoms with E-state index in [-0.39, 0.29) is 41.1 Å². The van der Waals surface area contributed by atoms with E-state index >= 15 is 0 Å². The first-order valence-corrected chi connectivity index (χ1v) is 7.03. The van der Waals surface area contributed by atoms with Gasteiger partial charge in [-0.3, -0.25) is 4.79 Å². The average molecular weight is 351 g/mol. The number of benzene rings is 1. The minimum absolute atomic E-state index is 0.0347. The van der Waals surface area contributed by atoms with E-state index in [4.69, 9.17) is 16.7 Å². The molecule has 0 spiro atoms. The highest BCUT2D eigenvalue weighted by molar-refractivity contribution is 9.09. The summed E-state index contributed by atoms with van der Waals surface area (Å²) in [6.45, 7) is 0.279. The maximum atomic E-state index is 13.9. The Balaban J connectivity index is 2.53. The van der Waals surface area contributed by atoms with E-state index < -0.39 is 11.8 Å². The Morgan fingerprint density at radius 1 is 1.58 bits per heavy atom. The lowest BCUT2D eigenvalue weighted by atomic mass is 10.1. The zero-order chi connectivity index (χ0) is 14.2. The van der Waals surface area contributed by atoms with Crippen molar-refractivity contribution in [2.75, 3.05) is 16.8 Å². The van der Waals surface area contributed by atoms with Gasteiger partial charge in [0.2, 0.25) is 5.91 Å². The van der Waals surface area contributed by atoms with E-state index in [1.54, 1.807) is 0 Å². The highest BCUT2D eigenvalue weighted by Crippen LogP contribution is 2.34. The standard InChI is InChI=1S/C12H10BrClFNO3/c13-4-6-3-9(17)16(5-6)11-8(15)2-1-7(14)10(11)12(18)19/h1-2,6H,3-5H2,(H,18,19). The molecule has 102 valence electrons. The Kier molecular flexibility index (Phi) is 4.10. The first kappa shape index (κ1) is 14.3. The molecule has 1 aliphatic rings. The minimum Gasteiger partial charge on any atom is -0.478 e. The Labute approximate surface area is 122 Å². The molecule has 4 nitrogen and oxygen atoms in total. The molecule has 1 fully saturated rings. The molecule has 1 atom stereocenters. The zero-order valence-corrected chi connectivity index (χ0v) is 12.0. The normalized spacial score (nSPS) is 19.0. The second-order valence-electron chi connectivity index (χ2n) is 4.29. The van der Waals surface area contributed by atoms with Gasteiger partial charge in [0.1, 0.15) is 11.4 Å². The topological polar surface area (TPSA) is 57.6 Å². The van der Waals surface area contributed by atoms with Crippen molar-refractivity contribution < 1.29 is 19.1 Å². The molecule has 1 heterocycles. The fourth-order valence-electron chi connectivity index (χ4n) is 2.11. The van der Waals surface area contributed by atoms with Crippen LogP contribution >= 0.6 is 27.5 Å². The highest BCUT2D eigenvalue weighted by atomic mass is 79.9. The molecule has 2 rings (SSSR count). The number of hydrogen-bond donors (Lipinski definition) is 1. The summed E-state index contributed by atoms with van der Waals surface area (Å²) in [6.07, 6.45) is 0.260. The molecule has 1 saturated heterocycles. The van der Waals surface area contributed by atoms with Crippen LogP contribution < -0.4 is 4.90 Å². The summed E-state index contributed by atoms with van der Waals surface area (Å²) in [7, 11) is 0. The van der Waals surface area contributed by atoms with E-state index in [2.05, 4.69) is 15.9 Å². The predicted octanol–water partition coefficient (Wildman–Crippen LogP) is 2.93. The van der Waals surface area contributed by atoms with Crippen LogP contribution in [0, 0.1) is 11.7 Å². The van der Waals surface area contributed by atoms with E-state index in [0.29, 0.717) is 5.33 Å². The van der Waals surface area contributed by atoms with Crippen LogP contribution in [0.4, 0.5) is 10.1 Å². The monoisotopic (exact) mass is 349 g/mol. The summed E-state index contributed by atoms with van der Waals surface area (Å²) in [5, 5.41) is 9.66. The molecule has 0 saturated carbocycles. The third kappa shape index (κ3) is 2.60. The van der Waals surface area contributed by atoms with Crippen molar-refractivity contribution in [1.29, 1.82) is 0 Å². The Bertz CT molecular complexity index is 552. The van der Waals surface area contributed by atoms with E-state index in [1.807, 2.05) is 0 Å². The second kappa shape index (κ2) is 5.46. The Morgan fingerprint density at radius 2 is 2.26 bits per heavy atom. The van der Waals surface area contributed by atoms with Crippen molar-refractivity contribution in [2.45, 2.75) is 6.42 Å². The van der Waals surface area contributed by atoms with Crippen LogP contribution in [0.15, 0.2) is 12.1 Å². The Morgan fingerprint density at radius 3 is 2.79 bits per heavy atom. The first-order chi connectivity index (χ1) is 8.95. The van der Waals surface area contributed by atoms with Gasteiger partial charge in [0.05, 0.1) is 10.7 Å². The number of alkyl halides is 1. The molecule has 1 aromatic rings. The second-order valence-corrected chi connectivity index (χ2v) is 5.34. The lowest BCUT2D eigenvalue weighted by Gasteiger charge is -2.20. The number of carboxylic acids is 1. The number of carbonyl (C=O) groups is 2. The molecule has 1 amide bonds. The number of carboxylic acid groups (broad SMARTS) is 1. The molecule has 0 bridgehead atoms. The van der Waals surface area contributed by atoms with Crippen LogP contribution in [0.2, 0.25) is 5.02 Å². The van der Waals surface area contributed by atoms with Gasteiger partial charge in [0, 0.05) is 18.3 Å². The van der Waals surface area contributed by atoms with Gasteiger partial charge in [-0.1, -0.05) is 27.5 Å². The van der Waals surface area contributed by atoms with Crippen LogP contribution in [-0.2, 0) is 4.79 Å². The molecule has 1 unspecified atom stereocenters. The van der Waals surface area contributed by atoms with Crippen LogP contribution in [0.1, 0.15) is 16.8 Å². The number of hydrogen-bond acceptors (Lipinski definition) is 2. The van der Waals surface area contributed by atoms with Crippen LogP contribution in [0.25, 0.3) is 0 Å². The summed E-state index contributed by atoms with van der Waals surface area (Å²) in [6, 6.07) is 2.24. The summed E-state index contributed by atoms with van der Waals surface area (Å²) in [4.78, 5) is 24.3. The van der Waals surface area contributed by atoms with Crippen LogP contribution in [0.5, 0.6) is 0 Å². The van der Waals surface area contributed by atoms with Gasteiger partial charge >= 0.3 is 5.97 Å². The molecule has 1 aliphatic heterocycles. The zero-order valence-electron chi connectivity index (χ0n) is 9.70. The number of anilines is 1. The van der Waals surface area contributed by atoms with Crippen LogP contribution in [-0.4, -0.2) is 28.9 Å². The van der Waals surface area contributed by atoms with Gasteiger partial charge in [-0.2, -0.15) is 0 Å². The molecular weight excluding hydrogens is 340 g/mol. The lowest BCUT2D eigenvalue weighted by molar-refractivity contribution is -0.117. The summed E-state index contributed by atoms with van der Waals surface area (Å²) in [5.41, 5.74) is -0.612. The average Bonchev–Trinajstić information content (AvgIpc) is 2.72. The van der Waals surface area contributed by atoms with Crippen molar-refractivity contribution in [3.63, 3.8) is 0 Å². The number of carbonyl (C=O) groups excluding carboxylic acids is 1. The minimum atomic E-state index is -1.35. The van der Waals surface area contributed by atoms with E-state index in [9.17, 15) is 14.0 Å². The van der Waals surface area contributed by atoms with Gasteiger partial charge in [-0.15, -0.1) is 0 Å². The molecule has 0 aliphatic carbocycles. The number of aromatic carboxylic acids is 1. The van der Waals surface area contributed by atoms with Crippen molar-refractivity contribution in [2.24, 2.45) is 5.92 Å². The summed E-state index contributed by atoms with van der Waals surface area (Å²) < 4.78 is 13.9. The molecular formula is C12H10BrClFNO3. The molecule has 0 radical (unpaired) electrons. The maximum absolute atomic E-state index is 13.9. The van der Waals surface area contributed by atoms with Crippen LogP contribution in [0.3, 0.4) is 0 Å². The van der Waals surface area contributed by atoms with Gasteiger partial charge < -0.3 is 10.0 Å². The quantitative estimate of drug-likeness (QED) is 0.853. The van der Waals surface area contributed by atoms with Gasteiger partial charge in [0.15, 0.2) is 0 Å². The van der Waals surface area contributed by atoms with E-state index in [1.165, 1.54) is 6.07 Å². The highest BCUT2D eigenvalue weighted by Gasteiger charge is 2.34. The number of halogens is 3. The lowest BCUT2D eigenvalue weighted by Crippen LogP contribution is -2.28. The molecule has 7 heteroatoms. The van der Waals surface area contributed by atoms with E-state index in [0.717, 1.165) is 11.0 Å². The molecule has 19 heavy (non-hydrogen) atoms. The predicted molar refractivity (Wildman–Crippen MR) is 72.6 cm³/mol. The number of nitrogens with zero attached hydrogens (tertiary/aromatic N) is 1. The number of rotatable bonds is 3. The van der Waals surface area contributed by atoms with Crippen molar-refractivity contribution in [1.82, 2.24) is 0 Å². The van der Waals surface area contributed by atoms with Crippen molar-refractivity contribution >= 4 is 45.1 Å². The molecule has 1 aromatic carbocycles. The number of amides is 1. The van der Waals surface area contributed by atoms with Gasteiger partial charge in [-0.05, 0) is 18.1 Å². The SMILES string of the molecule is O=C(O)c1c(Cl)ccc(F)c1N1CC(CBr)CC1=O. The smallest absolute Gasteiger partial charge is 0.339 e. The first-order valence-electron chi connectivity index (χ1n) is 5.53.